The van der Waals surface area contributed by atoms with Crippen molar-refractivity contribution in [2.24, 2.45) is 0 Å². The van der Waals surface area contributed by atoms with Gasteiger partial charge in [-0.3, -0.25) is 5.32 Å². The lowest BCUT2D eigenvalue weighted by atomic mass is 10.3. The Morgan fingerprint density at radius 2 is 1.78 bits per heavy atom. The molecule has 3 N–H and O–H groups in total. The number of thiophene rings is 1. The summed E-state index contributed by atoms with van der Waals surface area (Å²) < 4.78 is 25.9. The van der Waals surface area contributed by atoms with Gasteiger partial charge in [-0.15, -0.1) is 0 Å². The number of nitrogens with zero attached hydrogens (tertiary/aromatic N) is 2. The number of aryl methyl sites for hydroxylation is 2. The maximum Gasteiger partial charge on any atom is 0.337 e. The van der Waals surface area contributed by atoms with E-state index in [0.29, 0.717) is 11.4 Å². The van der Waals surface area contributed by atoms with Crippen molar-refractivity contribution in [3.8, 4) is 0 Å². The molecule has 23 heavy (non-hydrogen) atoms. The van der Waals surface area contributed by atoms with Crippen molar-refractivity contribution in [2.75, 3.05) is 5.32 Å². The van der Waals surface area contributed by atoms with Crippen LogP contribution in [0.15, 0.2) is 21.7 Å². The van der Waals surface area contributed by atoms with E-state index in [1.807, 2.05) is 0 Å². The Kier molecular flexibility index (Phi) is 4.61. The molecular weight excluding hydrogens is 344 g/mol. The first-order chi connectivity index (χ1) is 10.7. The quantitative estimate of drug-likeness (QED) is 0.752. The van der Waals surface area contributed by atoms with Gasteiger partial charge in [-0.2, -0.15) is 11.3 Å². The first kappa shape index (κ1) is 16.8. The van der Waals surface area contributed by atoms with Crippen molar-refractivity contribution < 1.29 is 23.1 Å². The first-order valence-corrected chi connectivity index (χ1v) is 8.57. The van der Waals surface area contributed by atoms with Gasteiger partial charge in [-0.05, 0) is 19.9 Å². The summed E-state index contributed by atoms with van der Waals surface area (Å²) in [7, 11) is -4.32. The third-order valence-corrected chi connectivity index (χ3v) is 4.84. The van der Waals surface area contributed by atoms with Gasteiger partial charge in [0.25, 0.3) is 10.0 Å². The van der Waals surface area contributed by atoms with Gasteiger partial charge in [0.2, 0.25) is 5.95 Å². The Bertz CT molecular complexity index is 855. The molecule has 0 saturated heterocycles. The minimum absolute atomic E-state index is 0.0565. The third kappa shape index (κ3) is 4.02. The number of carbonyl (C=O) groups is 2. The van der Waals surface area contributed by atoms with Crippen LogP contribution in [-0.2, 0) is 10.0 Å². The summed E-state index contributed by atoms with van der Waals surface area (Å²) in [5, 5.41) is 13.4. The molecule has 2 heterocycles. The third-order valence-electron chi connectivity index (χ3n) is 2.58. The number of rotatable bonds is 4. The van der Waals surface area contributed by atoms with Gasteiger partial charge in [0, 0.05) is 22.1 Å². The lowest BCUT2D eigenvalue weighted by Crippen LogP contribution is -2.35. The van der Waals surface area contributed by atoms with E-state index in [0.717, 1.165) is 16.7 Å². The van der Waals surface area contributed by atoms with Gasteiger partial charge in [0.05, 0.1) is 5.56 Å². The molecule has 122 valence electrons. The fraction of sp³-hybridized carbons (Fsp3) is 0.167. The predicted molar refractivity (Wildman–Crippen MR) is 82.1 cm³/mol. The van der Waals surface area contributed by atoms with E-state index in [4.69, 9.17) is 5.11 Å². The van der Waals surface area contributed by atoms with Gasteiger partial charge in [0.15, 0.2) is 0 Å². The van der Waals surface area contributed by atoms with Crippen molar-refractivity contribution in [3.63, 3.8) is 0 Å². The standard InChI is InChI=1S/C12H12N4O5S2/c1-6-3-7(2)14-11(13-6)15-12(19)16-23(20,21)9-5-22-4-8(9)10(17)18/h3-5H,1-2H3,(H,17,18)(H2,13,14,15,16,19). The van der Waals surface area contributed by atoms with Gasteiger partial charge < -0.3 is 5.11 Å². The second kappa shape index (κ2) is 6.30. The van der Waals surface area contributed by atoms with Crippen molar-refractivity contribution >= 4 is 39.3 Å². The predicted octanol–water partition coefficient (Wildman–Crippen LogP) is 1.36. The zero-order chi connectivity index (χ0) is 17.2. The molecule has 0 aliphatic carbocycles. The Hall–Kier alpha value is -2.53. The maximum atomic E-state index is 12.1. The van der Waals surface area contributed by atoms with Crippen LogP contribution in [0.3, 0.4) is 0 Å². The van der Waals surface area contributed by atoms with Crippen molar-refractivity contribution in [3.05, 3.63) is 33.8 Å². The van der Waals surface area contributed by atoms with Crippen molar-refractivity contribution in [1.82, 2.24) is 14.7 Å². The smallest absolute Gasteiger partial charge is 0.337 e. The largest absolute Gasteiger partial charge is 0.478 e. The molecule has 0 saturated carbocycles. The number of anilines is 1. The lowest BCUT2D eigenvalue weighted by Gasteiger charge is -2.08. The van der Waals surface area contributed by atoms with E-state index < -0.39 is 32.5 Å². The molecule has 11 heteroatoms. The molecule has 0 unspecified atom stereocenters. The molecule has 2 aromatic rings. The summed E-state index contributed by atoms with van der Waals surface area (Å²) in [6.07, 6.45) is 0. The van der Waals surface area contributed by atoms with Crippen LogP contribution in [0, 0.1) is 13.8 Å². The zero-order valence-electron chi connectivity index (χ0n) is 12.0. The molecule has 0 radical (unpaired) electrons. The molecule has 2 rings (SSSR count). The molecule has 0 aromatic carbocycles. The average Bonchev–Trinajstić information content (AvgIpc) is 2.86. The fourth-order valence-electron chi connectivity index (χ4n) is 1.74. The number of aromatic carboxylic acids is 1. The van der Waals surface area contributed by atoms with E-state index >= 15 is 0 Å². The highest BCUT2D eigenvalue weighted by molar-refractivity contribution is 7.90. The Morgan fingerprint density at radius 3 is 2.35 bits per heavy atom. The summed E-state index contributed by atoms with van der Waals surface area (Å²) >= 11 is 0.900. The van der Waals surface area contributed by atoms with Gasteiger partial charge in [-0.25, -0.2) is 32.7 Å². The molecule has 0 atom stereocenters. The molecule has 2 amide bonds. The molecule has 0 spiro atoms. The summed E-state index contributed by atoms with van der Waals surface area (Å²) in [6, 6.07) is 0.599. The van der Waals surface area contributed by atoms with Crippen LogP contribution in [0.4, 0.5) is 10.7 Å². The monoisotopic (exact) mass is 356 g/mol. The number of carbonyl (C=O) groups excluding carboxylic acids is 1. The highest BCUT2D eigenvalue weighted by atomic mass is 32.2. The number of carboxylic acids is 1. The molecule has 0 aliphatic rings. The highest BCUT2D eigenvalue weighted by Gasteiger charge is 2.25. The molecule has 0 aliphatic heterocycles. The number of urea groups is 1. The van der Waals surface area contributed by atoms with Crippen LogP contribution in [0.2, 0.25) is 0 Å². The summed E-state index contributed by atoms with van der Waals surface area (Å²) in [4.78, 5) is 30.2. The fourth-order valence-corrected chi connectivity index (χ4v) is 4.01. The lowest BCUT2D eigenvalue weighted by molar-refractivity contribution is 0.0693. The van der Waals surface area contributed by atoms with Gasteiger partial charge >= 0.3 is 12.0 Å². The highest BCUT2D eigenvalue weighted by Crippen LogP contribution is 2.20. The number of hydrogen-bond acceptors (Lipinski definition) is 7. The number of amides is 2. The summed E-state index contributed by atoms with van der Waals surface area (Å²) in [5.74, 6) is -1.45. The van der Waals surface area contributed by atoms with Crippen LogP contribution in [0.25, 0.3) is 0 Å². The van der Waals surface area contributed by atoms with E-state index in [1.165, 1.54) is 5.38 Å². The minimum Gasteiger partial charge on any atom is -0.478 e. The van der Waals surface area contributed by atoms with E-state index in [9.17, 15) is 18.0 Å². The number of carboxylic acid groups (broad SMARTS) is 1. The SMILES string of the molecule is Cc1cc(C)nc(NC(=O)NS(=O)(=O)c2cscc2C(=O)O)n1. The second-order valence-electron chi connectivity index (χ2n) is 4.49. The molecule has 9 nitrogen and oxygen atoms in total. The Morgan fingerprint density at radius 1 is 1.17 bits per heavy atom. The van der Waals surface area contributed by atoms with Crippen molar-refractivity contribution in [1.29, 1.82) is 0 Å². The normalized spacial score (nSPS) is 11.0. The molecule has 0 fully saturated rings. The second-order valence-corrected chi connectivity index (χ2v) is 6.88. The Labute approximate surface area is 135 Å². The summed E-state index contributed by atoms with van der Waals surface area (Å²) in [5.41, 5.74) is 0.793. The minimum atomic E-state index is -4.32. The van der Waals surface area contributed by atoms with Crippen LogP contribution < -0.4 is 10.0 Å². The van der Waals surface area contributed by atoms with Crippen LogP contribution in [-0.4, -0.2) is 35.5 Å². The number of aromatic nitrogens is 2. The molecule has 0 bridgehead atoms. The van der Waals surface area contributed by atoms with E-state index in [2.05, 4.69) is 15.3 Å². The van der Waals surface area contributed by atoms with Gasteiger partial charge in [0.1, 0.15) is 4.90 Å². The van der Waals surface area contributed by atoms with Crippen LogP contribution in [0.5, 0.6) is 0 Å². The Balaban J connectivity index is 2.18. The molecule has 2 aromatic heterocycles. The number of nitrogens with one attached hydrogen (secondary N) is 2. The summed E-state index contributed by atoms with van der Waals surface area (Å²) in [6.45, 7) is 3.39. The number of hydrogen-bond donors (Lipinski definition) is 3. The maximum absolute atomic E-state index is 12.1. The topological polar surface area (TPSA) is 138 Å². The first-order valence-electron chi connectivity index (χ1n) is 6.14. The molecular formula is C12H12N4O5S2. The van der Waals surface area contributed by atoms with Gasteiger partial charge in [-0.1, -0.05) is 0 Å². The van der Waals surface area contributed by atoms with E-state index in [1.54, 1.807) is 24.6 Å². The average molecular weight is 356 g/mol. The van der Waals surface area contributed by atoms with E-state index in [-0.39, 0.29) is 5.95 Å². The van der Waals surface area contributed by atoms with Crippen LogP contribution >= 0.6 is 11.3 Å². The zero-order valence-corrected chi connectivity index (χ0v) is 13.7. The number of sulfonamides is 1. The van der Waals surface area contributed by atoms with Crippen molar-refractivity contribution in [2.45, 2.75) is 18.7 Å². The van der Waals surface area contributed by atoms with Crippen LogP contribution in [0.1, 0.15) is 21.7 Å².